The zero-order valence-electron chi connectivity index (χ0n) is 8.07. The number of rotatable bonds is 1. The molecule has 4 heteroatoms. The van der Waals surface area contributed by atoms with Gasteiger partial charge in [0.2, 0.25) is 0 Å². The molecule has 3 nitrogen and oxygen atoms in total. The maximum Gasteiger partial charge on any atom is 0.376 e. The highest BCUT2D eigenvalue weighted by atomic mass is 16.2. The molecule has 72 valence electrons. The smallest absolute Gasteiger partial charge is 0.376 e. The molecule has 2 aliphatic rings. The molecule has 0 amide bonds. The number of fused-ring (bicyclic) bond motifs is 2. The first-order valence-corrected chi connectivity index (χ1v) is 5.15. The fraction of sp³-hybridized carbons (Fsp3) is 0.889. The Morgan fingerprint density at radius 1 is 1.38 bits per heavy atom. The summed E-state index contributed by atoms with van der Waals surface area (Å²) in [5.74, 6) is 0.381. The van der Waals surface area contributed by atoms with E-state index in [4.69, 9.17) is 0 Å². The quantitative estimate of drug-likeness (QED) is 0.604. The monoisotopic (exact) mass is 181 g/mol. The number of hydrogen-bond donors (Lipinski definition) is 1. The van der Waals surface area contributed by atoms with Crippen molar-refractivity contribution in [3.05, 3.63) is 0 Å². The third kappa shape index (κ3) is 1.65. The summed E-state index contributed by atoms with van der Waals surface area (Å²) in [5.41, 5.74) is 0. The van der Waals surface area contributed by atoms with Crippen LogP contribution >= 0.6 is 0 Å². The molecule has 0 saturated carbocycles. The van der Waals surface area contributed by atoms with Gasteiger partial charge in [-0.05, 0) is 19.7 Å². The normalized spacial score (nSPS) is 34.8. The molecule has 2 atom stereocenters. The third-order valence-corrected chi connectivity index (χ3v) is 3.28. The number of ketones is 1. The van der Waals surface area contributed by atoms with Gasteiger partial charge in [-0.1, -0.05) is 6.42 Å². The van der Waals surface area contributed by atoms with Crippen molar-refractivity contribution in [2.75, 3.05) is 0 Å². The van der Waals surface area contributed by atoms with Crippen LogP contribution in [0, 0.1) is 0 Å². The molecular weight excluding hydrogens is 165 g/mol. The molecule has 2 unspecified atom stereocenters. The second-order valence-electron chi connectivity index (χ2n) is 4.26. The van der Waals surface area contributed by atoms with Crippen LogP contribution in [0.4, 0.5) is 0 Å². The first-order chi connectivity index (χ1) is 6.18. The number of carbonyl (C=O) groups is 1. The van der Waals surface area contributed by atoms with E-state index in [-0.39, 0.29) is 7.05 Å². The topological polar surface area (TPSA) is 40.5 Å². The van der Waals surface area contributed by atoms with E-state index in [2.05, 4.69) is 4.81 Å². The number of carbonyl (C=O) groups excluding carboxylic acids is 1. The van der Waals surface area contributed by atoms with Gasteiger partial charge in [0.1, 0.15) is 5.78 Å². The average molecular weight is 181 g/mol. The molecule has 2 bridgehead atoms. The lowest BCUT2D eigenvalue weighted by Gasteiger charge is -2.46. The maximum absolute atomic E-state index is 11.3. The molecule has 0 aliphatic carbocycles. The highest BCUT2D eigenvalue weighted by Gasteiger charge is 2.40. The molecule has 2 heterocycles. The van der Waals surface area contributed by atoms with Crippen molar-refractivity contribution in [2.24, 2.45) is 0 Å². The van der Waals surface area contributed by atoms with Crippen molar-refractivity contribution >= 4 is 12.8 Å². The molecule has 2 rings (SSSR count). The van der Waals surface area contributed by atoms with E-state index in [1.165, 1.54) is 6.42 Å². The van der Waals surface area contributed by atoms with Crippen LogP contribution in [0.15, 0.2) is 0 Å². The summed E-state index contributed by atoms with van der Waals surface area (Å²) in [6.07, 6.45) is 4.68. The molecule has 0 radical (unpaired) electrons. The molecule has 0 spiro atoms. The molecule has 2 saturated heterocycles. The van der Waals surface area contributed by atoms with Crippen molar-refractivity contribution < 1.29 is 9.82 Å². The van der Waals surface area contributed by atoms with E-state index < -0.39 is 0 Å². The second-order valence-corrected chi connectivity index (χ2v) is 4.26. The Morgan fingerprint density at radius 3 is 2.38 bits per heavy atom. The summed E-state index contributed by atoms with van der Waals surface area (Å²) < 4.78 is 0. The molecule has 13 heavy (non-hydrogen) atoms. The van der Waals surface area contributed by atoms with Gasteiger partial charge >= 0.3 is 7.05 Å². The molecule has 2 aliphatic heterocycles. The van der Waals surface area contributed by atoms with Crippen molar-refractivity contribution in [3.63, 3.8) is 0 Å². The van der Waals surface area contributed by atoms with Gasteiger partial charge in [0.15, 0.2) is 0 Å². The van der Waals surface area contributed by atoms with Crippen LogP contribution in [0.2, 0.25) is 6.82 Å². The summed E-state index contributed by atoms with van der Waals surface area (Å²) in [4.78, 5) is 13.5. The number of nitrogens with zero attached hydrogens (tertiary/aromatic N) is 1. The summed E-state index contributed by atoms with van der Waals surface area (Å²) >= 11 is 0. The van der Waals surface area contributed by atoms with E-state index in [0.29, 0.717) is 30.7 Å². The van der Waals surface area contributed by atoms with Gasteiger partial charge in [-0.3, -0.25) is 4.79 Å². The van der Waals surface area contributed by atoms with Crippen LogP contribution < -0.4 is 0 Å². The minimum absolute atomic E-state index is 0.319. The predicted molar refractivity (Wildman–Crippen MR) is 51.3 cm³/mol. The van der Waals surface area contributed by atoms with Crippen molar-refractivity contribution in [1.29, 1.82) is 0 Å². The lowest BCUT2D eigenvalue weighted by atomic mass is 9.72. The van der Waals surface area contributed by atoms with Crippen LogP contribution in [-0.4, -0.2) is 34.8 Å². The summed E-state index contributed by atoms with van der Waals surface area (Å²) in [6.45, 7) is 1.81. The van der Waals surface area contributed by atoms with Crippen LogP contribution in [0.1, 0.15) is 32.1 Å². The zero-order chi connectivity index (χ0) is 9.42. The van der Waals surface area contributed by atoms with Gasteiger partial charge in [0.05, 0.1) is 0 Å². The fourth-order valence-electron chi connectivity index (χ4n) is 2.82. The molecule has 0 aromatic carbocycles. The number of Topliss-reactive ketones (excluding diaryl/α,β-unsaturated/α-hetero) is 1. The average Bonchev–Trinajstić information content (AvgIpc) is 2.01. The van der Waals surface area contributed by atoms with E-state index in [1.54, 1.807) is 6.82 Å². The Hall–Kier alpha value is -0.345. The maximum atomic E-state index is 11.3. The van der Waals surface area contributed by atoms with Gasteiger partial charge in [0, 0.05) is 24.9 Å². The molecular formula is C9H16BNO2. The SMILES string of the molecule is CB(O)N1C2CCCC1CC(=O)C2. The lowest BCUT2D eigenvalue weighted by molar-refractivity contribution is -0.124. The minimum Gasteiger partial charge on any atom is -0.437 e. The molecule has 0 aromatic rings. The van der Waals surface area contributed by atoms with Gasteiger partial charge in [-0.15, -0.1) is 0 Å². The Labute approximate surface area is 79.2 Å². The Morgan fingerprint density at radius 2 is 1.92 bits per heavy atom. The van der Waals surface area contributed by atoms with Crippen molar-refractivity contribution in [1.82, 2.24) is 4.81 Å². The summed E-state index contributed by atoms with van der Waals surface area (Å²) in [6, 6.07) is 0.639. The van der Waals surface area contributed by atoms with Gasteiger partial charge in [0.25, 0.3) is 0 Å². The lowest BCUT2D eigenvalue weighted by Crippen LogP contribution is -2.57. The molecule has 1 N–H and O–H groups in total. The Balaban J connectivity index is 2.14. The highest BCUT2D eigenvalue weighted by molar-refractivity contribution is 6.45. The van der Waals surface area contributed by atoms with Gasteiger partial charge < -0.3 is 9.83 Å². The van der Waals surface area contributed by atoms with Crippen LogP contribution in [0.25, 0.3) is 0 Å². The molecule has 2 fully saturated rings. The highest BCUT2D eigenvalue weighted by Crippen LogP contribution is 2.32. The Kier molecular flexibility index (Phi) is 2.43. The van der Waals surface area contributed by atoms with Gasteiger partial charge in [-0.2, -0.15) is 0 Å². The van der Waals surface area contributed by atoms with Crippen molar-refractivity contribution in [3.8, 4) is 0 Å². The first kappa shape index (κ1) is 9.22. The first-order valence-electron chi connectivity index (χ1n) is 5.15. The largest absolute Gasteiger partial charge is 0.437 e. The fourth-order valence-corrected chi connectivity index (χ4v) is 2.82. The third-order valence-electron chi connectivity index (χ3n) is 3.28. The van der Waals surface area contributed by atoms with E-state index in [1.807, 2.05) is 0 Å². The van der Waals surface area contributed by atoms with E-state index >= 15 is 0 Å². The summed E-state index contributed by atoms with van der Waals surface area (Å²) in [5, 5.41) is 9.58. The van der Waals surface area contributed by atoms with Crippen molar-refractivity contribution in [2.45, 2.75) is 51.0 Å². The Bertz CT molecular complexity index is 204. The number of hydrogen-bond acceptors (Lipinski definition) is 3. The van der Waals surface area contributed by atoms with Crippen LogP contribution in [-0.2, 0) is 4.79 Å². The van der Waals surface area contributed by atoms with Crippen LogP contribution in [0.3, 0.4) is 0 Å². The summed E-state index contributed by atoms with van der Waals surface area (Å²) in [7, 11) is -0.386. The van der Waals surface area contributed by atoms with Crippen LogP contribution in [0.5, 0.6) is 0 Å². The molecule has 0 aromatic heterocycles. The van der Waals surface area contributed by atoms with Gasteiger partial charge in [-0.25, -0.2) is 0 Å². The van der Waals surface area contributed by atoms with E-state index in [9.17, 15) is 9.82 Å². The predicted octanol–water partition coefficient (Wildman–Crippen LogP) is 0.683. The standard InChI is InChI=1S/C9H16BNO2/c1-10(13)11-7-3-2-4-8(11)6-9(12)5-7/h7-8,13H,2-6H2,1H3. The number of piperidine rings is 2. The zero-order valence-corrected chi connectivity index (χ0v) is 8.07. The van der Waals surface area contributed by atoms with E-state index in [0.717, 1.165) is 12.8 Å². The second kappa shape index (κ2) is 3.43. The minimum atomic E-state index is -0.386.